The molecule has 0 spiro atoms. The minimum atomic E-state index is -0.255. The first-order chi connectivity index (χ1) is 19.4. The smallest absolute Gasteiger partial charge is 0.249 e. The highest BCUT2D eigenvalue weighted by molar-refractivity contribution is 5.86. The molecule has 10 nitrogen and oxygen atoms in total. The van der Waals surface area contributed by atoms with Crippen molar-refractivity contribution < 1.29 is 23.8 Å². The number of nitrogens with zero attached hydrogens (tertiary/aromatic N) is 5. The van der Waals surface area contributed by atoms with Gasteiger partial charge < -0.3 is 28.9 Å². The number of methoxy groups -OCH3 is 3. The van der Waals surface area contributed by atoms with Crippen molar-refractivity contribution in [2.45, 2.75) is 19.4 Å². The first kappa shape index (κ1) is 28.8. The molecule has 1 aromatic heterocycles. The lowest BCUT2D eigenvalue weighted by molar-refractivity contribution is -0.144. The summed E-state index contributed by atoms with van der Waals surface area (Å²) in [6.07, 6.45) is 0.779. The fourth-order valence-electron chi connectivity index (χ4n) is 4.85. The van der Waals surface area contributed by atoms with E-state index < -0.39 is 0 Å². The maximum atomic E-state index is 13.4. The van der Waals surface area contributed by atoms with Gasteiger partial charge in [0.15, 0.2) is 5.82 Å². The van der Waals surface area contributed by atoms with Gasteiger partial charge in [0, 0.05) is 44.9 Å². The number of ether oxygens (including phenoxy) is 3. The Balaban J connectivity index is 1.41. The molecule has 1 aliphatic heterocycles. The lowest BCUT2D eigenvalue weighted by Crippen LogP contribution is -2.46. The molecule has 1 unspecified atom stereocenters. The summed E-state index contributed by atoms with van der Waals surface area (Å²) in [5.74, 6) is 1.81. The molecule has 10 heteroatoms. The first-order valence-electron chi connectivity index (χ1n) is 13.4. The third-order valence-corrected chi connectivity index (χ3v) is 7.15. The van der Waals surface area contributed by atoms with Crippen LogP contribution < -0.4 is 14.4 Å². The molecule has 3 aromatic rings. The molecular weight excluding hydrogens is 510 g/mol. The lowest BCUT2D eigenvalue weighted by Gasteiger charge is -2.31. The molecule has 0 aliphatic carbocycles. The standard InChI is InChI=1S/C30H37N5O5/c1-22(23-9-6-5-7-10-23)35(30(37)21-38-2)20-29(36)34-16-8-15-33(17-18-34)28-14-13-26(31-32-28)25-12-11-24(39-3)19-27(25)40-4/h5-7,9-14,19,22H,8,15-18,20-21H2,1-4H3. The second-order valence-corrected chi connectivity index (χ2v) is 9.61. The zero-order valence-electron chi connectivity index (χ0n) is 23.6. The molecule has 1 aliphatic rings. The van der Waals surface area contributed by atoms with E-state index in [1.54, 1.807) is 19.1 Å². The zero-order valence-corrected chi connectivity index (χ0v) is 23.6. The highest BCUT2D eigenvalue weighted by Gasteiger charge is 2.27. The van der Waals surface area contributed by atoms with E-state index in [0.29, 0.717) is 36.8 Å². The maximum absolute atomic E-state index is 13.4. The number of carbonyl (C=O) groups is 2. The summed E-state index contributed by atoms with van der Waals surface area (Å²) in [6, 6.07) is 18.9. The van der Waals surface area contributed by atoms with Gasteiger partial charge in [0.2, 0.25) is 11.8 Å². The second kappa shape index (κ2) is 13.7. The second-order valence-electron chi connectivity index (χ2n) is 9.61. The number of hydrogen-bond acceptors (Lipinski definition) is 8. The van der Waals surface area contributed by atoms with Crippen molar-refractivity contribution in [3.8, 4) is 22.8 Å². The van der Waals surface area contributed by atoms with E-state index in [0.717, 1.165) is 29.9 Å². The van der Waals surface area contributed by atoms with Gasteiger partial charge in [-0.05, 0) is 43.2 Å². The molecule has 0 saturated carbocycles. The average molecular weight is 548 g/mol. The van der Waals surface area contributed by atoms with Gasteiger partial charge in [0.1, 0.15) is 24.7 Å². The van der Waals surface area contributed by atoms with Crippen LogP contribution in [0.5, 0.6) is 11.5 Å². The molecule has 4 rings (SSSR count). The monoisotopic (exact) mass is 547 g/mol. The Morgan fingerprint density at radius 3 is 2.40 bits per heavy atom. The van der Waals surface area contributed by atoms with Crippen LogP contribution >= 0.6 is 0 Å². The normalized spacial score (nSPS) is 14.3. The molecule has 1 fully saturated rings. The van der Waals surface area contributed by atoms with Crippen LogP contribution in [0.1, 0.15) is 24.9 Å². The van der Waals surface area contributed by atoms with Gasteiger partial charge in [-0.15, -0.1) is 10.2 Å². The quantitative estimate of drug-likeness (QED) is 0.381. The SMILES string of the molecule is COCC(=O)N(CC(=O)N1CCCN(c2ccc(-c3ccc(OC)cc3OC)nn2)CC1)C(C)c1ccccc1. The third kappa shape index (κ3) is 6.87. The summed E-state index contributed by atoms with van der Waals surface area (Å²) < 4.78 is 15.9. The lowest BCUT2D eigenvalue weighted by atomic mass is 10.1. The maximum Gasteiger partial charge on any atom is 0.249 e. The Bertz CT molecular complexity index is 1270. The van der Waals surface area contributed by atoms with Crippen molar-refractivity contribution >= 4 is 17.6 Å². The summed E-state index contributed by atoms with van der Waals surface area (Å²) in [7, 11) is 4.71. The molecule has 1 saturated heterocycles. The summed E-state index contributed by atoms with van der Waals surface area (Å²) in [5, 5.41) is 8.92. The van der Waals surface area contributed by atoms with Gasteiger partial charge in [-0.1, -0.05) is 30.3 Å². The fourth-order valence-corrected chi connectivity index (χ4v) is 4.85. The molecule has 0 bridgehead atoms. The van der Waals surface area contributed by atoms with E-state index >= 15 is 0 Å². The van der Waals surface area contributed by atoms with E-state index in [4.69, 9.17) is 14.2 Å². The van der Waals surface area contributed by atoms with Crippen LogP contribution in [-0.2, 0) is 14.3 Å². The van der Waals surface area contributed by atoms with E-state index in [1.807, 2.05) is 72.5 Å². The van der Waals surface area contributed by atoms with E-state index in [2.05, 4.69) is 15.1 Å². The molecule has 0 N–H and O–H groups in total. The number of amides is 2. The van der Waals surface area contributed by atoms with Gasteiger partial charge in [0.05, 0.1) is 26.0 Å². The molecular formula is C30H37N5O5. The zero-order chi connectivity index (χ0) is 28.5. The van der Waals surface area contributed by atoms with Gasteiger partial charge in [-0.2, -0.15) is 0 Å². The third-order valence-electron chi connectivity index (χ3n) is 7.15. The van der Waals surface area contributed by atoms with Crippen molar-refractivity contribution in [2.75, 3.05) is 65.6 Å². The predicted octanol–water partition coefficient (Wildman–Crippen LogP) is 3.44. The topological polar surface area (TPSA) is 97.3 Å². The Kier molecular flexibility index (Phi) is 9.91. The minimum absolute atomic E-state index is 0.00352. The Morgan fingerprint density at radius 2 is 1.73 bits per heavy atom. The van der Waals surface area contributed by atoms with Crippen molar-refractivity contribution in [1.29, 1.82) is 0 Å². The van der Waals surface area contributed by atoms with Crippen LogP contribution in [-0.4, -0.2) is 92.5 Å². The fraction of sp³-hybridized carbons (Fsp3) is 0.400. The van der Waals surface area contributed by atoms with Crippen LogP contribution in [0.3, 0.4) is 0 Å². The van der Waals surface area contributed by atoms with E-state index in [-0.39, 0.29) is 31.0 Å². The Hall–Kier alpha value is -4.18. The minimum Gasteiger partial charge on any atom is -0.497 e. The highest BCUT2D eigenvalue weighted by atomic mass is 16.5. The number of rotatable bonds is 10. The van der Waals surface area contributed by atoms with Crippen LogP contribution in [0, 0.1) is 0 Å². The number of anilines is 1. The van der Waals surface area contributed by atoms with E-state index in [1.165, 1.54) is 7.11 Å². The Labute approximate surface area is 235 Å². The molecule has 0 radical (unpaired) electrons. The summed E-state index contributed by atoms with van der Waals surface area (Å²) in [6.45, 7) is 4.36. The van der Waals surface area contributed by atoms with Crippen LogP contribution in [0.25, 0.3) is 11.3 Å². The van der Waals surface area contributed by atoms with Crippen molar-refractivity contribution in [2.24, 2.45) is 0 Å². The van der Waals surface area contributed by atoms with Crippen molar-refractivity contribution in [3.05, 3.63) is 66.2 Å². The van der Waals surface area contributed by atoms with Gasteiger partial charge in [-0.3, -0.25) is 9.59 Å². The summed E-state index contributed by atoms with van der Waals surface area (Å²) >= 11 is 0. The van der Waals surface area contributed by atoms with Crippen molar-refractivity contribution in [3.63, 3.8) is 0 Å². The number of carbonyl (C=O) groups excluding carboxylic acids is 2. The molecule has 1 atom stereocenters. The molecule has 2 aromatic carbocycles. The van der Waals surface area contributed by atoms with Crippen molar-refractivity contribution in [1.82, 2.24) is 20.0 Å². The average Bonchev–Trinajstić information content (AvgIpc) is 3.26. The molecule has 2 heterocycles. The molecule has 2 amide bonds. The predicted molar refractivity (Wildman–Crippen MR) is 152 cm³/mol. The highest BCUT2D eigenvalue weighted by Crippen LogP contribution is 2.32. The first-order valence-corrected chi connectivity index (χ1v) is 13.4. The largest absolute Gasteiger partial charge is 0.497 e. The van der Waals surface area contributed by atoms with Crippen LogP contribution in [0.4, 0.5) is 5.82 Å². The molecule has 40 heavy (non-hydrogen) atoms. The van der Waals surface area contributed by atoms with Gasteiger partial charge in [-0.25, -0.2) is 0 Å². The van der Waals surface area contributed by atoms with Crippen LogP contribution in [0.15, 0.2) is 60.7 Å². The Morgan fingerprint density at radius 1 is 0.925 bits per heavy atom. The number of hydrogen-bond donors (Lipinski definition) is 0. The number of aromatic nitrogens is 2. The number of benzene rings is 2. The summed E-state index contributed by atoms with van der Waals surface area (Å²) in [5.41, 5.74) is 2.49. The summed E-state index contributed by atoms with van der Waals surface area (Å²) in [4.78, 5) is 31.8. The van der Waals surface area contributed by atoms with Crippen LogP contribution in [0.2, 0.25) is 0 Å². The molecule has 212 valence electrons. The van der Waals surface area contributed by atoms with Gasteiger partial charge >= 0.3 is 0 Å². The van der Waals surface area contributed by atoms with E-state index in [9.17, 15) is 9.59 Å². The van der Waals surface area contributed by atoms with Gasteiger partial charge in [0.25, 0.3) is 0 Å².